The predicted octanol–water partition coefficient (Wildman–Crippen LogP) is 1.52. The summed E-state index contributed by atoms with van der Waals surface area (Å²) in [5, 5.41) is 0. The highest BCUT2D eigenvalue weighted by Crippen LogP contribution is 2.25. The zero-order valence-electron chi connectivity index (χ0n) is 12.3. The van der Waals surface area contributed by atoms with Crippen molar-refractivity contribution in [1.29, 1.82) is 0 Å². The number of carbonyl (C=O) groups is 1. The van der Waals surface area contributed by atoms with Gasteiger partial charge in [0.15, 0.2) is 0 Å². The van der Waals surface area contributed by atoms with Crippen LogP contribution in [0.2, 0.25) is 0 Å². The minimum absolute atomic E-state index is 0.0267. The molecule has 21 heavy (non-hydrogen) atoms. The average Bonchev–Trinajstić information content (AvgIpc) is 2.62. The monoisotopic (exact) mass is 290 g/mol. The van der Waals surface area contributed by atoms with Crippen molar-refractivity contribution in [3.63, 3.8) is 0 Å². The maximum absolute atomic E-state index is 12.0. The molecule has 1 N–H and O–H groups in total. The van der Waals surface area contributed by atoms with Crippen molar-refractivity contribution >= 4 is 17.1 Å². The Balaban J connectivity index is 1.75. The smallest absolute Gasteiger partial charge is 0.410 e. The number of hydrogen-bond acceptors (Lipinski definition) is 4. The molecular weight excluding hydrogens is 272 g/mol. The van der Waals surface area contributed by atoms with Crippen LogP contribution in [0.4, 0.5) is 4.79 Å². The third kappa shape index (κ3) is 2.51. The fourth-order valence-corrected chi connectivity index (χ4v) is 2.44. The first-order chi connectivity index (χ1) is 9.85. The van der Waals surface area contributed by atoms with Gasteiger partial charge in [0, 0.05) is 19.3 Å². The summed E-state index contributed by atoms with van der Waals surface area (Å²) in [4.78, 5) is 32.3. The fourth-order valence-electron chi connectivity index (χ4n) is 2.44. The number of imidazole rings is 1. The molecule has 0 unspecified atom stereocenters. The van der Waals surface area contributed by atoms with Gasteiger partial charge >= 0.3 is 11.8 Å². The van der Waals surface area contributed by atoms with E-state index in [1.54, 1.807) is 27.9 Å². The molecule has 1 amide bonds. The molecule has 0 aromatic carbocycles. The summed E-state index contributed by atoms with van der Waals surface area (Å²) in [6.07, 6.45) is 2.93. The lowest BCUT2D eigenvalue weighted by Crippen LogP contribution is -2.53. The number of aromatic amines is 1. The van der Waals surface area contributed by atoms with Gasteiger partial charge in [0.1, 0.15) is 5.60 Å². The number of nitrogens with zero attached hydrogens (tertiary/aromatic N) is 3. The number of amides is 1. The number of pyridine rings is 1. The van der Waals surface area contributed by atoms with Gasteiger partial charge in [-0.05, 0) is 26.8 Å². The summed E-state index contributed by atoms with van der Waals surface area (Å²) in [5.74, 6) is 0. The predicted molar refractivity (Wildman–Crippen MR) is 77.2 cm³/mol. The molecule has 0 spiro atoms. The van der Waals surface area contributed by atoms with Crippen LogP contribution in [-0.2, 0) is 4.74 Å². The van der Waals surface area contributed by atoms with Gasteiger partial charge in [-0.15, -0.1) is 0 Å². The molecule has 0 atom stereocenters. The number of aromatic nitrogens is 3. The summed E-state index contributed by atoms with van der Waals surface area (Å²) in [5.41, 5.74) is 0.833. The zero-order chi connectivity index (χ0) is 15.2. The van der Waals surface area contributed by atoms with Gasteiger partial charge < -0.3 is 14.6 Å². The van der Waals surface area contributed by atoms with Crippen molar-refractivity contribution in [3.05, 3.63) is 28.9 Å². The Hall–Kier alpha value is -2.31. The first-order valence-electron chi connectivity index (χ1n) is 6.87. The summed E-state index contributed by atoms with van der Waals surface area (Å²) >= 11 is 0. The van der Waals surface area contributed by atoms with E-state index >= 15 is 0 Å². The molecule has 3 rings (SSSR count). The molecule has 1 aliphatic heterocycles. The molecule has 0 bridgehead atoms. The van der Waals surface area contributed by atoms with Crippen molar-refractivity contribution in [1.82, 2.24) is 19.4 Å². The first-order valence-corrected chi connectivity index (χ1v) is 6.87. The number of likely N-dealkylation sites (tertiary alicyclic amines) is 1. The number of hydrogen-bond donors (Lipinski definition) is 1. The second-order valence-electron chi connectivity index (χ2n) is 6.23. The fraction of sp³-hybridized carbons (Fsp3) is 0.500. The molecule has 1 saturated heterocycles. The molecule has 0 radical (unpaired) electrons. The molecular formula is C14H18N4O3. The second kappa shape index (κ2) is 4.61. The molecule has 0 saturated carbocycles. The molecule has 2 aromatic heterocycles. The Kier molecular flexibility index (Phi) is 3.00. The number of rotatable bonds is 1. The Morgan fingerprint density at radius 2 is 2.14 bits per heavy atom. The number of fused-ring (bicyclic) bond motifs is 1. The van der Waals surface area contributed by atoms with E-state index in [2.05, 4.69) is 9.97 Å². The molecule has 7 heteroatoms. The van der Waals surface area contributed by atoms with Crippen LogP contribution in [0.25, 0.3) is 11.0 Å². The van der Waals surface area contributed by atoms with E-state index in [-0.39, 0.29) is 17.8 Å². The summed E-state index contributed by atoms with van der Waals surface area (Å²) in [6.45, 7) is 6.45. The summed E-state index contributed by atoms with van der Waals surface area (Å²) in [6, 6.07) is 1.77. The number of ether oxygens (including phenoxy) is 1. The normalized spacial score (nSPS) is 16.0. The average molecular weight is 290 g/mol. The third-order valence-electron chi connectivity index (χ3n) is 3.40. The van der Waals surface area contributed by atoms with Gasteiger partial charge in [-0.1, -0.05) is 0 Å². The van der Waals surface area contributed by atoms with Crippen LogP contribution in [-0.4, -0.2) is 44.2 Å². The number of nitrogens with one attached hydrogen (secondary N) is 1. The highest BCUT2D eigenvalue weighted by Gasteiger charge is 2.36. The van der Waals surface area contributed by atoms with Crippen LogP contribution in [0.1, 0.15) is 26.8 Å². The minimum Gasteiger partial charge on any atom is -0.444 e. The van der Waals surface area contributed by atoms with Gasteiger partial charge in [-0.25, -0.2) is 9.59 Å². The highest BCUT2D eigenvalue weighted by molar-refractivity contribution is 5.74. The lowest BCUT2D eigenvalue weighted by Gasteiger charge is -2.40. The van der Waals surface area contributed by atoms with Crippen LogP contribution in [0.5, 0.6) is 0 Å². The van der Waals surface area contributed by atoms with E-state index in [1.165, 1.54) is 0 Å². The Morgan fingerprint density at radius 1 is 1.43 bits per heavy atom. The van der Waals surface area contributed by atoms with Crippen LogP contribution >= 0.6 is 0 Å². The lowest BCUT2D eigenvalue weighted by atomic mass is 10.1. The van der Waals surface area contributed by atoms with Crippen molar-refractivity contribution in [2.24, 2.45) is 0 Å². The molecule has 7 nitrogen and oxygen atoms in total. The minimum atomic E-state index is -0.508. The lowest BCUT2D eigenvalue weighted by molar-refractivity contribution is 0.00116. The Labute approximate surface area is 121 Å². The van der Waals surface area contributed by atoms with E-state index in [4.69, 9.17) is 4.74 Å². The Morgan fingerprint density at radius 3 is 2.81 bits per heavy atom. The maximum Gasteiger partial charge on any atom is 0.410 e. The van der Waals surface area contributed by atoms with Crippen LogP contribution in [0.3, 0.4) is 0 Å². The van der Waals surface area contributed by atoms with Gasteiger partial charge in [-0.2, -0.15) is 0 Å². The number of carbonyl (C=O) groups excluding carboxylic acids is 1. The molecule has 0 aliphatic carbocycles. The van der Waals surface area contributed by atoms with E-state index < -0.39 is 5.60 Å². The first kappa shape index (κ1) is 13.7. The third-order valence-corrected chi connectivity index (χ3v) is 3.40. The Bertz CT molecular complexity index is 734. The largest absolute Gasteiger partial charge is 0.444 e. The van der Waals surface area contributed by atoms with Gasteiger partial charge in [0.2, 0.25) is 0 Å². The maximum atomic E-state index is 12.0. The zero-order valence-corrected chi connectivity index (χ0v) is 12.3. The van der Waals surface area contributed by atoms with Crippen molar-refractivity contribution < 1.29 is 9.53 Å². The van der Waals surface area contributed by atoms with E-state index in [9.17, 15) is 9.59 Å². The summed E-state index contributed by atoms with van der Waals surface area (Å²) in [7, 11) is 0. The topological polar surface area (TPSA) is 80.2 Å². The van der Waals surface area contributed by atoms with Crippen LogP contribution < -0.4 is 5.69 Å². The van der Waals surface area contributed by atoms with E-state index in [0.717, 1.165) is 5.52 Å². The van der Waals surface area contributed by atoms with Gasteiger partial charge in [-0.3, -0.25) is 9.55 Å². The molecule has 1 aliphatic rings. The van der Waals surface area contributed by atoms with Crippen molar-refractivity contribution in [2.45, 2.75) is 32.4 Å². The highest BCUT2D eigenvalue weighted by atomic mass is 16.6. The van der Waals surface area contributed by atoms with E-state index in [0.29, 0.717) is 18.6 Å². The second-order valence-corrected chi connectivity index (χ2v) is 6.23. The quantitative estimate of drug-likeness (QED) is 0.863. The van der Waals surface area contributed by atoms with Crippen molar-refractivity contribution in [2.75, 3.05) is 13.1 Å². The van der Waals surface area contributed by atoms with Gasteiger partial charge in [0.05, 0.1) is 23.3 Å². The SMILES string of the molecule is CC(C)(C)OC(=O)N1CC(n2c(=O)[nH]c3cnccc32)C1. The van der Waals surface area contributed by atoms with Gasteiger partial charge in [0.25, 0.3) is 0 Å². The number of H-pyrrole nitrogens is 1. The molecule has 1 fully saturated rings. The van der Waals surface area contributed by atoms with Crippen LogP contribution in [0, 0.1) is 0 Å². The summed E-state index contributed by atoms with van der Waals surface area (Å²) < 4.78 is 6.99. The molecule has 2 aromatic rings. The van der Waals surface area contributed by atoms with E-state index in [1.807, 2.05) is 20.8 Å². The van der Waals surface area contributed by atoms with Crippen molar-refractivity contribution in [3.8, 4) is 0 Å². The standard InChI is InChI=1S/C14H18N4O3/c1-14(2,3)21-13(20)17-7-9(8-17)18-11-4-5-15-6-10(11)16-12(18)19/h4-6,9H,7-8H2,1-3H3,(H,16,19). The van der Waals surface area contributed by atoms with Crippen LogP contribution in [0.15, 0.2) is 23.3 Å². The molecule has 112 valence electrons. The molecule has 3 heterocycles.